The third-order valence-electron chi connectivity index (χ3n) is 4.43. The maximum absolute atomic E-state index is 12.2. The summed E-state index contributed by atoms with van der Waals surface area (Å²) in [5.74, 6) is 0.802. The highest BCUT2D eigenvalue weighted by molar-refractivity contribution is 5.91. The van der Waals surface area contributed by atoms with E-state index in [0.29, 0.717) is 17.9 Å². The number of benzene rings is 2. The molecule has 0 saturated carbocycles. The predicted molar refractivity (Wildman–Crippen MR) is 107 cm³/mol. The number of carbonyl (C=O) groups is 1. The number of aliphatic hydroxyl groups excluding tert-OH is 1. The van der Waals surface area contributed by atoms with E-state index < -0.39 is 12.1 Å². The van der Waals surface area contributed by atoms with Crippen molar-refractivity contribution in [3.63, 3.8) is 0 Å². The van der Waals surface area contributed by atoms with E-state index in [1.54, 1.807) is 55.5 Å². The highest BCUT2D eigenvalue weighted by atomic mass is 16.5. The second kappa shape index (κ2) is 11.4. The van der Waals surface area contributed by atoms with Crippen LogP contribution in [0.3, 0.4) is 0 Å². The summed E-state index contributed by atoms with van der Waals surface area (Å²) >= 11 is 0. The van der Waals surface area contributed by atoms with Crippen molar-refractivity contribution < 1.29 is 19.4 Å². The van der Waals surface area contributed by atoms with E-state index in [1.807, 2.05) is 0 Å². The molecule has 0 heterocycles. The standard InChI is InChI=1S/C23H30O4/c1-3-4-5-6-7-8-17-26-21-13-11-20(12-14-21)23(25)27-22-15-9-19(10-16-22)18(2)24/h9-16,18,24H,3-8,17H2,1-2H3. The molecule has 0 saturated heterocycles. The fraction of sp³-hybridized carbons (Fsp3) is 0.435. The Bertz CT molecular complexity index is 675. The van der Waals surface area contributed by atoms with Gasteiger partial charge in [0.1, 0.15) is 11.5 Å². The average Bonchev–Trinajstić information content (AvgIpc) is 2.68. The fourth-order valence-corrected chi connectivity index (χ4v) is 2.74. The predicted octanol–water partition coefficient (Wildman–Crippen LogP) is 5.70. The Balaban J connectivity index is 1.76. The number of unbranched alkanes of at least 4 members (excludes halogenated alkanes) is 5. The van der Waals surface area contributed by atoms with Crippen LogP contribution in [0, 0.1) is 0 Å². The molecule has 2 aromatic rings. The molecule has 4 nitrogen and oxygen atoms in total. The Labute approximate surface area is 162 Å². The topological polar surface area (TPSA) is 55.8 Å². The van der Waals surface area contributed by atoms with Gasteiger partial charge in [-0.25, -0.2) is 4.79 Å². The maximum Gasteiger partial charge on any atom is 0.343 e. The number of aliphatic hydroxyl groups is 1. The smallest absolute Gasteiger partial charge is 0.343 e. The van der Waals surface area contributed by atoms with Crippen molar-refractivity contribution in [1.82, 2.24) is 0 Å². The van der Waals surface area contributed by atoms with Gasteiger partial charge in [0, 0.05) is 0 Å². The van der Waals surface area contributed by atoms with Crippen molar-refractivity contribution in [1.29, 1.82) is 0 Å². The first-order valence-electron chi connectivity index (χ1n) is 9.83. The van der Waals surface area contributed by atoms with Crippen LogP contribution in [-0.4, -0.2) is 17.7 Å². The molecule has 0 bridgehead atoms. The third-order valence-corrected chi connectivity index (χ3v) is 4.43. The van der Waals surface area contributed by atoms with Crippen LogP contribution in [0.25, 0.3) is 0 Å². The van der Waals surface area contributed by atoms with Gasteiger partial charge in [-0.05, 0) is 55.3 Å². The Morgan fingerprint density at radius 1 is 0.889 bits per heavy atom. The SMILES string of the molecule is CCCCCCCCOc1ccc(C(=O)Oc2ccc(C(C)O)cc2)cc1. The van der Waals surface area contributed by atoms with E-state index in [4.69, 9.17) is 9.47 Å². The molecule has 0 spiro atoms. The minimum Gasteiger partial charge on any atom is -0.494 e. The van der Waals surface area contributed by atoms with Crippen LogP contribution in [0.5, 0.6) is 11.5 Å². The molecule has 2 rings (SSSR count). The molecule has 146 valence electrons. The minimum atomic E-state index is -0.543. The van der Waals surface area contributed by atoms with E-state index >= 15 is 0 Å². The number of esters is 1. The molecule has 1 atom stereocenters. The summed E-state index contributed by atoms with van der Waals surface area (Å²) < 4.78 is 11.1. The molecule has 0 aromatic heterocycles. The first-order chi connectivity index (χ1) is 13.1. The number of carbonyl (C=O) groups excluding carboxylic acids is 1. The summed E-state index contributed by atoms with van der Waals surface area (Å²) in [5, 5.41) is 9.51. The fourth-order valence-electron chi connectivity index (χ4n) is 2.74. The lowest BCUT2D eigenvalue weighted by Crippen LogP contribution is -2.08. The highest BCUT2D eigenvalue weighted by Gasteiger charge is 2.09. The van der Waals surface area contributed by atoms with Gasteiger partial charge in [0.2, 0.25) is 0 Å². The normalized spacial score (nSPS) is 11.8. The summed E-state index contributed by atoms with van der Waals surface area (Å²) in [6.07, 6.45) is 6.84. The number of ether oxygens (including phenoxy) is 2. The van der Waals surface area contributed by atoms with Gasteiger partial charge in [0.15, 0.2) is 0 Å². The molecule has 0 fully saturated rings. The Morgan fingerprint density at radius 3 is 2.11 bits per heavy atom. The maximum atomic E-state index is 12.2. The van der Waals surface area contributed by atoms with Gasteiger partial charge in [0.05, 0.1) is 18.3 Å². The summed E-state index contributed by atoms with van der Waals surface area (Å²) in [7, 11) is 0. The second-order valence-electron chi connectivity index (χ2n) is 6.78. The van der Waals surface area contributed by atoms with Crippen LogP contribution in [-0.2, 0) is 0 Å². The van der Waals surface area contributed by atoms with Crippen LogP contribution >= 0.6 is 0 Å². The number of rotatable bonds is 11. The number of hydrogen-bond donors (Lipinski definition) is 1. The lowest BCUT2D eigenvalue weighted by atomic mass is 10.1. The molecular formula is C23H30O4. The Hall–Kier alpha value is -2.33. The lowest BCUT2D eigenvalue weighted by Gasteiger charge is -2.09. The summed E-state index contributed by atoms with van der Waals surface area (Å²) in [6.45, 7) is 4.61. The zero-order chi connectivity index (χ0) is 19.5. The van der Waals surface area contributed by atoms with Crippen LogP contribution in [0.2, 0.25) is 0 Å². The van der Waals surface area contributed by atoms with Crippen LogP contribution in [0.4, 0.5) is 0 Å². The van der Waals surface area contributed by atoms with Crippen molar-refractivity contribution in [2.75, 3.05) is 6.61 Å². The average molecular weight is 370 g/mol. The zero-order valence-electron chi connectivity index (χ0n) is 16.3. The Kier molecular flexibility index (Phi) is 8.85. The third kappa shape index (κ3) is 7.43. The molecule has 0 aliphatic carbocycles. The first kappa shape index (κ1) is 21.0. The zero-order valence-corrected chi connectivity index (χ0v) is 16.3. The number of hydrogen-bond acceptors (Lipinski definition) is 4. The molecule has 1 unspecified atom stereocenters. The highest BCUT2D eigenvalue weighted by Crippen LogP contribution is 2.19. The quantitative estimate of drug-likeness (QED) is 0.313. The van der Waals surface area contributed by atoms with Gasteiger partial charge in [-0.3, -0.25) is 0 Å². The summed E-state index contributed by atoms with van der Waals surface area (Å²) in [6, 6.07) is 13.9. The van der Waals surface area contributed by atoms with E-state index in [2.05, 4.69) is 6.92 Å². The van der Waals surface area contributed by atoms with E-state index in [1.165, 1.54) is 32.1 Å². The van der Waals surface area contributed by atoms with E-state index in [-0.39, 0.29) is 0 Å². The molecule has 4 heteroatoms. The van der Waals surface area contributed by atoms with Crippen molar-refractivity contribution in [2.24, 2.45) is 0 Å². The molecule has 0 aliphatic rings. The van der Waals surface area contributed by atoms with Crippen molar-refractivity contribution >= 4 is 5.97 Å². The monoisotopic (exact) mass is 370 g/mol. The molecule has 1 N–H and O–H groups in total. The molecule has 0 amide bonds. The van der Waals surface area contributed by atoms with Crippen LogP contribution in [0.1, 0.15) is 74.4 Å². The molecule has 0 aliphatic heterocycles. The van der Waals surface area contributed by atoms with E-state index in [9.17, 15) is 9.90 Å². The van der Waals surface area contributed by atoms with Gasteiger partial charge in [-0.2, -0.15) is 0 Å². The summed E-state index contributed by atoms with van der Waals surface area (Å²) in [5.41, 5.74) is 1.25. The largest absolute Gasteiger partial charge is 0.494 e. The molecule has 2 aromatic carbocycles. The molecule has 27 heavy (non-hydrogen) atoms. The summed E-state index contributed by atoms with van der Waals surface area (Å²) in [4.78, 5) is 12.2. The molecule has 0 radical (unpaired) electrons. The minimum absolute atomic E-state index is 0.415. The van der Waals surface area contributed by atoms with Gasteiger partial charge < -0.3 is 14.6 Å². The second-order valence-corrected chi connectivity index (χ2v) is 6.78. The van der Waals surface area contributed by atoms with Gasteiger partial charge >= 0.3 is 5.97 Å². The van der Waals surface area contributed by atoms with Gasteiger partial charge in [-0.1, -0.05) is 51.2 Å². The van der Waals surface area contributed by atoms with E-state index in [0.717, 1.165) is 17.7 Å². The van der Waals surface area contributed by atoms with Crippen molar-refractivity contribution in [3.05, 3.63) is 59.7 Å². The van der Waals surface area contributed by atoms with Crippen LogP contribution in [0.15, 0.2) is 48.5 Å². The van der Waals surface area contributed by atoms with Gasteiger partial charge in [0.25, 0.3) is 0 Å². The van der Waals surface area contributed by atoms with Crippen molar-refractivity contribution in [2.45, 2.75) is 58.5 Å². The lowest BCUT2D eigenvalue weighted by molar-refractivity contribution is 0.0734. The first-order valence-corrected chi connectivity index (χ1v) is 9.83. The van der Waals surface area contributed by atoms with Gasteiger partial charge in [-0.15, -0.1) is 0 Å². The molecular weight excluding hydrogens is 340 g/mol. The van der Waals surface area contributed by atoms with Crippen molar-refractivity contribution in [3.8, 4) is 11.5 Å². The van der Waals surface area contributed by atoms with Crippen LogP contribution < -0.4 is 9.47 Å². The Morgan fingerprint density at radius 2 is 1.48 bits per heavy atom.